The highest BCUT2D eigenvalue weighted by atomic mass is 35.5. The number of thioether (sulfide) groups is 1. The van der Waals surface area contributed by atoms with E-state index in [9.17, 15) is 4.79 Å². The Morgan fingerprint density at radius 1 is 1.00 bits per heavy atom. The third-order valence-corrected chi connectivity index (χ3v) is 6.98. The molecular formula is C26H20ClN3O2S. The minimum Gasteiger partial charge on any atom is -0.467 e. The fraction of sp³-hybridized carbons (Fsp3) is 0.115. The first-order chi connectivity index (χ1) is 16.2. The van der Waals surface area contributed by atoms with Crippen molar-refractivity contribution in [3.05, 3.63) is 107 Å². The Bertz CT molecular complexity index is 1350. The van der Waals surface area contributed by atoms with Crippen molar-refractivity contribution in [3.63, 3.8) is 0 Å². The normalized spacial score (nSPS) is 17.6. The number of amidine groups is 1. The van der Waals surface area contributed by atoms with Gasteiger partial charge in [0.05, 0.1) is 24.3 Å². The number of halogens is 1. The van der Waals surface area contributed by atoms with Crippen LogP contribution in [-0.2, 0) is 17.8 Å². The van der Waals surface area contributed by atoms with Crippen molar-refractivity contribution >= 4 is 51.4 Å². The number of nitrogens with zero attached hydrogens (tertiary/aromatic N) is 3. The van der Waals surface area contributed by atoms with Gasteiger partial charge in [-0.2, -0.15) is 5.10 Å². The molecule has 0 spiro atoms. The molecule has 3 aromatic carbocycles. The van der Waals surface area contributed by atoms with E-state index < -0.39 is 0 Å². The van der Waals surface area contributed by atoms with Gasteiger partial charge in [0.15, 0.2) is 5.17 Å². The second kappa shape index (κ2) is 9.65. The maximum Gasteiger partial charge on any atom is 0.242 e. The molecule has 164 valence electrons. The molecule has 1 saturated heterocycles. The van der Waals surface area contributed by atoms with Crippen LogP contribution in [0.1, 0.15) is 16.9 Å². The van der Waals surface area contributed by atoms with E-state index in [-0.39, 0.29) is 11.2 Å². The molecule has 1 aliphatic heterocycles. The first-order valence-corrected chi connectivity index (χ1v) is 11.8. The SMILES string of the molecule is O=C1C(Cc2ccccc2Cl)SC(=NN=Cc2cccc3ccccc23)N1Cc1ccco1. The molecular weight excluding hydrogens is 454 g/mol. The van der Waals surface area contributed by atoms with E-state index in [0.717, 1.165) is 21.9 Å². The predicted molar refractivity (Wildman–Crippen MR) is 135 cm³/mol. The molecule has 2 heterocycles. The first-order valence-electron chi connectivity index (χ1n) is 10.5. The third-order valence-electron chi connectivity index (χ3n) is 5.44. The summed E-state index contributed by atoms with van der Waals surface area (Å²) >= 11 is 7.74. The number of hydrogen-bond acceptors (Lipinski definition) is 5. The van der Waals surface area contributed by atoms with Crippen LogP contribution in [-0.4, -0.2) is 27.4 Å². The predicted octanol–water partition coefficient (Wildman–Crippen LogP) is 6.16. The van der Waals surface area contributed by atoms with Gasteiger partial charge in [-0.3, -0.25) is 9.69 Å². The highest BCUT2D eigenvalue weighted by Crippen LogP contribution is 2.33. The van der Waals surface area contributed by atoms with Crippen LogP contribution < -0.4 is 0 Å². The van der Waals surface area contributed by atoms with Crippen LogP contribution in [0.2, 0.25) is 5.02 Å². The van der Waals surface area contributed by atoms with E-state index in [1.54, 1.807) is 23.4 Å². The molecule has 5 nitrogen and oxygen atoms in total. The number of rotatable bonds is 6. The number of carbonyl (C=O) groups excluding carboxylic acids is 1. The van der Waals surface area contributed by atoms with Crippen LogP contribution in [0.15, 0.2) is 99.7 Å². The summed E-state index contributed by atoms with van der Waals surface area (Å²) in [5.74, 6) is 0.656. The van der Waals surface area contributed by atoms with Crippen molar-refractivity contribution in [2.45, 2.75) is 18.2 Å². The van der Waals surface area contributed by atoms with E-state index in [4.69, 9.17) is 16.0 Å². The Kier molecular flexibility index (Phi) is 6.28. The number of hydrogen-bond donors (Lipinski definition) is 0. The summed E-state index contributed by atoms with van der Waals surface area (Å²) in [7, 11) is 0. The van der Waals surface area contributed by atoms with Crippen molar-refractivity contribution in [2.75, 3.05) is 0 Å². The Morgan fingerprint density at radius 2 is 1.82 bits per heavy atom. The lowest BCUT2D eigenvalue weighted by Crippen LogP contribution is -2.32. The summed E-state index contributed by atoms with van der Waals surface area (Å²) in [5.41, 5.74) is 1.90. The molecule has 1 aliphatic rings. The fourth-order valence-electron chi connectivity index (χ4n) is 3.79. The number of amides is 1. The van der Waals surface area contributed by atoms with Gasteiger partial charge in [0.2, 0.25) is 5.91 Å². The molecule has 1 atom stereocenters. The molecule has 7 heteroatoms. The van der Waals surface area contributed by atoms with Crippen LogP contribution in [0.3, 0.4) is 0 Å². The highest BCUT2D eigenvalue weighted by Gasteiger charge is 2.38. The van der Waals surface area contributed by atoms with E-state index in [0.29, 0.717) is 28.9 Å². The van der Waals surface area contributed by atoms with Gasteiger partial charge in [0.1, 0.15) is 5.76 Å². The molecule has 0 N–H and O–H groups in total. The number of furan rings is 1. The summed E-state index contributed by atoms with van der Waals surface area (Å²) in [6.07, 6.45) is 3.84. The minimum absolute atomic E-state index is 0.0320. The van der Waals surface area contributed by atoms with Gasteiger partial charge in [-0.15, -0.1) is 5.10 Å². The second-order valence-corrected chi connectivity index (χ2v) is 9.18. The van der Waals surface area contributed by atoms with Gasteiger partial charge in [-0.1, -0.05) is 84.0 Å². The van der Waals surface area contributed by atoms with Gasteiger partial charge < -0.3 is 4.42 Å². The average Bonchev–Trinajstić information content (AvgIpc) is 3.45. The summed E-state index contributed by atoms with van der Waals surface area (Å²) in [6, 6.07) is 25.4. The van der Waals surface area contributed by atoms with Crippen molar-refractivity contribution in [1.82, 2.24) is 4.90 Å². The minimum atomic E-state index is -0.327. The number of fused-ring (bicyclic) bond motifs is 1. The second-order valence-electron chi connectivity index (χ2n) is 7.60. The van der Waals surface area contributed by atoms with E-state index >= 15 is 0 Å². The Labute approximate surface area is 200 Å². The van der Waals surface area contributed by atoms with Crippen LogP contribution in [0.4, 0.5) is 0 Å². The lowest BCUT2D eigenvalue weighted by Gasteiger charge is -2.14. The highest BCUT2D eigenvalue weighted by molar-refractivity contribution is 8.15. The van der Waals surface area contributed by atoms with Crippen LogP contribution in [0, 0.1) is 0 Å². The first kappa shape index (κ1) is 21.5. The quantitative estimate of drug-likeness (QED) is 0.249. The van der Waals surface area contributed by atoms with Gasteiger partial charge in [-0.25, -0.2) is 0 Å². The zero-order chi connectivity index (χ0) is 22.6. The lowest BCUT2D eigenvalue weighted by atomic mass is 10.1. The maximum atomic E-state index is 13.3. The summed E-state index contributed by atoms with van der Waals surface area (Å²) in [4.78, 5) is 14.9. The van der Waals surface area contributed by atoms with Crippen LogP contribution in [0.25, 0.3) is 10.8 Å². The lowest BCUT2D eigenvalue weighted by molar-refractivity contribution is -0.126. The molecule has 33 heavy (non-hydrogen) atoms. The van der Waals surface area contributed by atoms with E-state index in [1.165, 1.54) is 11.8 Å². The summed E-state index contributed by atoms with van der Waals surface area (Å²) in [5, 5.41) is 11.9. The molecule has 0 bridgehead atoms. The Hall–Kier alpha value is -3.35. The summed E-state index contributed by atoms with van der Waals surface area (Å²) in [6.45, 7) is 0.306. The zero-order valence-electron chi connectivity index (χ0n) is 17.6. The largest absolute Gasteiger partial charge is 0.467 e. The molecule has 1 aromatic heterocycles. The van der Waals surface area contributed by atoms with Crippen molar-refractivity contribution in [3.8, 4) is 0 Å². The zero-order valence-corrected chi connectivity index (χ0v) is 19.2. The van der Waals surface area contributed by atoms with Gasteiger partial charge in [0.25, 0.3) is 0 Å². The van der Waals surface area contributed by atoms with Crippen LogP contribution in [0.5, 0.6) is 0 Å². The van der Waals surface area contributed by atoms with Crippen molar-refractivity contribution in [2.24, 2.45) is 10.2 Å². The van der Waals surface area contributed by atoms with E-state index in [1.807, 2.05) is 54.6 Å². The molecule has 0 saturated carbocycles. The number of benzene rings is 3. The van der Waals surface area contributed by atoms with Crippen LogP contribution >= 0.6 is 23.4 Å². The van der Waals surface area contributed by atoms with Crippen molar-refractivity contribution in [1.29, 1.82) is 0 Å². The van der Waals surface area contributed by atoms with Crippen molar-refractivity contribution < 1.29 is 9.21 Å². The number of carbonyl (C=O) groups is 1. The molecule has 1 fully saturated rings. The fourth-order valence-corrected chi connectivity index (χ4v) is 5.12. The maximum absolute atomic E-state index is 13.3. The molecule has 5 rings (SSSR count). The molecule has 1 unspecified atom stereocenters. The smallest absolute Gasteiger partial charge is 0.242 e. The molecule has 0 aliphatic carbocycles. The van der Waals surface area contributed by atoms with Gasteiger partial charge >= 0.3 is 0 Å². The third kappa shape index (κ3) is 4.72. The standard InChI is InChI=1S/C26H20ClN3O2S/c27-23-13-4-2-8-19(23)15-24-25(31)30(17-21-11-6-14-32-21)26(33-24)29-28-16-20-10-5-9-18-7-1-3-12-22(18)20/h1-14,16,24H,15,17H2. The molecule has 4 aromatic rings. The summed E-state index contributed by atoms with van der Waals surface area (Å²) < 4.78 is 5.47. The monoisotopic (exact) mass is 473 g/mol. The average molecular weight is 474 g/mol. The molecule has 1 amide bonds. The van der Waals surface area contributed by atoms with E-state index in [2.05, 4.69) is 28.4 Å². The Morgan fingerprint density at radius 3 is 2.67 bits per heavy atom. The molecule has 0 radical (unpaired) electrons. The van der Waals surface area contributed by atoms with Gasteiger partial charge in [-0.05, 0) is 41.0 Å². The topological polar surface area (TPSA) is 58.2 Å². The Balaban J connectivity index is 1.42. The van der Waals surface area contributed by atoms with Gasteiger partial charge in [0, 0.05) is 10.6 Å².